The van der Waals surface area contributed by atoms with Crippen LogP contribution >= 0.6 is 0 Å². The van der Waals surface area contributed by atoms with Gasteiger partial charge in [-0.3, -0.25) is 0 Å². The van der Waals surface area contributed by atoms with E-state index in [0.29, 0.717) is 10.9 Å². The Morgan fingerprint density at radius 2 is 2.28 bits per heavy atom. The molecule has 1 unspecified atom stereocenters. The molecule has 0 aliphatic heterocycles. The number of aryl methyl sites for hydroxylation is 1. The van der Waals surface area contributed by atoms with Gasteiger partial charge in [-0.05, 0) is 25.1 Å². The average molecular weight is 250 g/mol. The number of carbonyl (C=O) groups excluding carboxylic acids is 1. The number of hydrogen-bond donors (Lipinski definition) is 1. The molecule has 0 spiro atoms. The van der Waals surface area contributed by atoms with Gasteiger partial charge in [0.1, 0.15) is 11.9 Å². The minimum Gasteiger partial charge on any atom is -0.465 e. The number of nitrogens with two attached hydrogens (primary N) is 1. The molecule has 2 N–H and O–H groups in total. The van der Waals surface area contributed by atoms with Crippen molar-refractivity contribution in [1.29, 1.82) is 0 Å². The zero-order chi connectivity index (χ0) is 13.3. The van der Waals surface area contributed by atoms with Gasteiger partial charge in [-0.1, -0.05) is 0 Å². The Hall–Kier alpha value is -1.88. The normalized spacial score (nSPS) is 12.7. The molecule has 1 atom stereocenters. The minimum absolute atomic E-state index is 0.270. The molecule has 1 heterocycles. The third-order valence-electron chi connectivity index (χ3n) is 2.86. The molecule has 5 heteroatoms. The van der Waals surface area contributed by atoms with Crippen molar-refractivity contribution in [3.05, 3.63) is 35.8 Å². The number of ether oxygens (including phenoxy) is 1. The first-order chi connectivity index (χ1) is 8.54. The van der Waals surface area contributed by atoms with Crippen LogP contribution in [0.1, 0.15) is 18.5 Å². The molecule has 0 fully saturated rings. The van der Waals surface area contributed by atoms with Crippen molar-refractivity contribution in [3.63, 3.8) is 0 Å². The molecular formula is C13H15FN2O2. The van der Waals surface area contributed by atoms with Crippen LogP contribution in [-0.2, 0) is 16.6 Å². The van der Waals surface area contributed by atoms with Gasteiger partial charge in [-0.2, -0.15) is 0 Å². The molecule has 96 valence electrons. The van der Waals surface area contributed by atoms with E-state index in [-0.39, 0.29) is 12.4 Å². The van der Waals surface area contributed by atoms with Crippen molar-refractivity contribution < 1.29 is 13.9 Å². The van der Waals surface area contributed by atoms with Crippen LogP contribution < -0.4 is 5.73 Å². The maximum absolute atomic E-state index is 13.3. The second-order valence-corrected chi connectivity index (χ2v) is 4.09. The lowest BCUT2D eigenvalue weighted by molar-refractivity contribution is -0.144. The molecular weight excluding hydrogens is 235 g/mol. The highest BCUT2D eigenvalue weighted by atomic mass is 19.1. The summed E-state index contributed by atoms with van der Waals surface area (Å²) in [7, 11) is 1.82. The number of carbonyl (C=O) groups is 1. The number of fused-ring (bicyclic) bond motifs is 1. The second-order valence-electron chi connectivity index (χ2n) is 4.09. The molecule has 0 aliphatic rings. The van der Waals surface area contributed by atoms with E-state index in [4.69, 9.17) is 10.5 Å². The first-order valence-corrected chi connectivity index (χ1v) is 5.71. The van der Waals surface area contributed by atoms with Crippen LogP contribution in [0.4, 0.5) is 4.39 Å². The molecule has 0 bridgehead atoms. The van der Waals surface area contributed by atoms with Crippen LogP contribution in [0.25, 0.3) is 10.9 Å². The molecule has 0 saturated carbocycles. The fraction of sp³-hybridized carbons (Fsp3) is 0.308. The quantitative estimate of drug-likeness (QED) is 0.846. The number of halogens is 1. The molecule has 0 saturated heterocycles. The molecule has 2 rings (SSSR count). The molecule has 2 aromatic rings. The highest BCUT2D eigenvalue weighted by Gasteiger charge is 2.21. The molecule has 1 aromatic carbocycles. The molecule has 18 heavy (non-hydrogen) atoms. The van der Waals surface area contributed by atoms with Gasteiger partial charge >= 0.3 is 5.97 Å². The van der Waals surface area contributed by atoms with Crippen molar-refractivity contribution >= 4 is 16.9 Å². The lowest BCUT2D eigenvalue weighted by Crippen LogP contribution is -2.23. The summed E-state index contributed by atoms with van der Waals surface area (Å²) in [5.41, 5.74) is 7.24. The molecule has 0 amide bonds. The molecule has 0 radical (unpaired) electrons. The highest BCUT2D eigenvalue weighted by molar-refractivity contribution is 5.90. The van der Waals surface area contributed by atoms with Gasteiger partial charge in [0.05, 0.1) is 6.61 Å². The molecule has 4 nitrogen and oxygen atoms in total. The number of aromatic nitrogens is 1. The van der Waals surface area contributed by atoms with E-state index >= 15 is 0 Å². The fourth-order valence-corrected chi connectivity index (χ4v) is 2.00. The summed E-state index contributed by atoms with van der Waals surface area (Å²) in [6, 6.07) is 3.52. The van der Waals surface area contributed by atoms with Crippen LogP contribution in [0.5, 0.6) is 0 Å². The van der Waals surface area contributed by atoms with Gasteiger partial charge in [0, 0.05) is 29.7 Å². The zero-order valence-corrected chi connectivity index (χ0v) is 10.3. The summed E-state index contributed by atoms with van der Waals surface area (Å²) in [6.45, 7) is 1.99. The number of hydrogen-bond acceptors (Lipinski definition) is 3. The summed E-state index contributed by atoms with van der Waals surface area (Å²) >= 11 is 0. The number of rotatable bonds is 3. The lowest BCUT2D eigenvalue weighted by atomic mass is 10.1. The van der Waals surface area contributed by atoms with Gasteiger partial charge in [-0.15, -0.1) is 0 Å². The number of esters is 1. The Bertz CT molecular complexity index is 592. The first-order valence-electron chi connectivity index (χ1n) is 5.71. The van der Waals surface area contributed by atoms with E-state index in [1.165, 1.54) is 12.1 Å². The van der Waals surface area contributed by atoms with E-state index in [2.05, 4.69) is 0 Å². The standard InChI is InChI=1S/C13H15FN2O2/c1-3-18-13(17)12(15)10-7-16(2)11-5-4-8(14)6-9(10)11/h4-7,12H,3,15H2,1-2H3. The smallest absolute Gasteiger partial charge is 0.327 e. The number of nitrogens with zero attached hydrogens (tertiary/aromatic N) is 1. The van der Waals surface area contributed by atoms with Crippen LogP contribution in [0.15, 0.2) is 24.4 Å². The van der Waals surface area contributed by atoms with E-state index in [0.717, 1.165) is 5.52 Å². The van der Waals surface area contributed by atoms with Crippen molar-refractivity contribution in [1.82, 2.24) is 4.57 Å². The zero-order valence-electron chi connectivity index (χ0n) is 10.3. The van der Waals surface area contributed by atoms with Crippen LogP contribution in [0, 0.1) is 5.82 Å². The summed E-state index contributed by atoms with van der Waals surface area (Å²) in [5.74, 6) is -0.861. The Morgan fingerprint density at radius 1 is 1.56 bits per heavy atom. The molecule has 0 aliphatic carbocycles. The van der Waals surface area contributed by atoms with Gasteiger partial charge in [0.2, 0.25) is 0 Å². The third kappa shape index (κ3) is 2.09. The predicted molar refractivity (Wildman–Crippen MR) is 66.4 cm³/mol. The maximum Gasteiger partial charge on any atom is 0.327 e. The Morgan fingerprint density at radius 3 is 2.94 bits per heavy atom. The van der Waals surface area contributed by atoms with Crippen molar-refractivity contribution in [3.8, 4) is 0 Å². The number of benzene rings is 1. The summed E-state index contributed by atoms with van der Waals surface area (Å²) in [4.78, 5) is 11.6. The Kier molecular flexibility index (Phi) is 3.34. The fourth-order valence-electron chi connectivity index (χ4n) is 2.00. The van der Waals surface area contributed by atoms with Crippen molar-refractivity contribution in [2.24, 2.45) is 12.8 Å². The van der Waals surface area contributed by atoms with Gasteiger partial charge in [-0.25, -0.2) is 9.18 Å². The van der Waals surface area contributed by atoms with Crippen LogP contribution in [0.3, 0.4) is 0 Å². The van der Waals surface area contributed by atoms with Gasteiger partial charge in [0.15, 0.2) is 0 Å². The maximum atomic E-state index is 13.3. The van der Waals surface area contributed by atoms with Gasteiger partial charge < -0.3 is 15.0 Å². The third-order valence-corrected chi connectivity index (χ3v) is 2.86. The first kappa shape index (κ1) is 12.6. The minimum atomic E-state index is -0.893. The van der Waals surface area contributed by atoms with Crippen molar-refractivity contribution in [2.45, 2.75) is 13.0 Å². The van der Waals surface area contributed by atoms with E-state index in [1.54, 1.807) is 19.2 Å². The van der Waals surface area contributed by atoms with E-state index in [1.807, 2.05) is 11.6 Å². The second kappa shape index (κ2) is 4.78. The topological polar surface area (TPSA) is 57.2 Å². The lowest BCUT2D eigenvalue weighted by Gasteiger charge is -2.09. The van der Waals surface area contributed by atoms with E-state index < -0.39 is 12.0 Å². The van der Waals surface area contributed by atoms with Gasteiger partial charge in [0.25, 0.3) is 0 Å². The monoisotopic (exact) mass is 250 g/mol. The summed E-state index contributed by atoms with van der Waals surface area (Å²) in [5, 5.41) is 0.637. The average Bonchev–Trinajstić information content (AvgIpc) is 2.65. The van der Waals surface area contributed by atoms with Crippen LogP contribution in [-0.4, -0.2) is 17.1 Å². The van der Waals surface area contributed by atoms with E-state index in [9.17, 15) is 9.18 Å². The summed E-state index contributed by atoms with van der Waals surface area (Å²) in [6.07, 6.45) is 1.73. The highest BCUT2D eigenvalue weighted by Crippen LogP contribution is 2.26. The predicted octanol–water partition coefficient (Wildman–Crippen LogP) is 1.88. The summed E-state index contributed by atoms with van der Waals surface area (Å²) < 4.78 is 20.0. The SMILES string of the molecule is CCOC(=O)C(N)c1cn(C)c2ccc(F)cc12. The molecule has 1 aromatic heterocycles. The Balaban J connectivity index is 2.50. The largest absolute Gasteiger partial charge is 0.465 e. The van der Waals surface area contributed by atoms with Crippen LogP contribution in [0.2, 0.25) is 0 Å². The van der Waals surface area contributed by atoms with Crippen molar-refractivity contribution in [2.75, 3.05) is 6.61 Å². The Labute approximate surface area is 104 Å².